The lowest BCUT2D eigenvalue weighted by Crippen LogP contribution is -2.42. The van der Waals surface area contributed by atoms with Crippen molar-refractivity contribution in [1.29, 1.82) is 0 Å². The molecule has 2 aromatic rings. The number of nitrogens with zero attached hydrogens (tertiary/aromatic N) is 1. The summed E-state index contributed by atoms with van der Waals surface area (Å²) in [6, 6.07) is 6.55. The lowest BCUT2D eigenvalue weighted by molar-refractivity contribution is -0.137. The molecule has 0 saturated carbocycles. The summed E-state index contributed by atoms with van der Waals surface area (Å²) in [6.45, 7) is 1.12. The third-order valence-electron chi connectivity index (χ3n) is 3.81. The molecule has 122 valence electrons. The van der Waals surface area contributed by atoms with Crippen molar-refractivity contribution in [3.8, 4) is 0 Å². The SMILES string of the molecule is O=C(c1cc[nH]c1)N1CCO[C@H](c2ccc(C(F)(F)F)cc2)C1. The van der Waals surface area contributed by atoms with Gasteiger partial charge in [-0.15, -0.1) is 0 Å². The molecule has 1 aromatic carbocycles. The van der Waals surface area contributed by atoms with Crippen molar-refractivity contribution in [2.75, 3.05) is 19.7 Å². The predicted molar refractivity (Wildman–Crippen MR) is 76.8 cm³/mol. The molecule has 3 rings (SSSR count). The quantitative estimate of drug-likeness (QED) is 0.922. The van der Waals surface area contributed by atoms with E-state index in [1.165, 1.54) is 12.1 Å². The zero-order valence-corrected chi connectivity index (χ0v) is 12.1. The Morgan fingerprint density at radius 1 is 1.22 bits per heavy atom. The zero-order chi connectivity index (χ0) is 16.4. The number of halogens is 3. The number of aromatic amines is 1. The molecule has 0 spiro atoms. The molecule has 1 saturated heterocycles. The van der Waals surface area contributed by atoms with Gasteiger partial charge in [-0.3, -0.25) is 4.79 Å². The molecule has 0 unspecified atom stereocenters. The van der Waals surface area contributed by atoms with E-state index in [-0.39, 0.29) is 5.91 Å². The second kappa shape index (κ2) is 6.08. The molecule has 7 heteroatoms. The number of aromatic nitrogens is 1. The van der Waals surface area contributed by atoms with Gasteiger partial charge in [-0.2, -0.15) is 13.2 Å². The lowest BCUT2D eigenvalue weighted by atomic mass is 10.0. The maximum atomic E-state index is 12.6. The van der Waals surface area contributed by atoms with Crippen LogP contribution in [0.4, 0.5) is 13.2 Å². The summed E-state index contributed by atoms with van der Waals surface area (Å²) in [5.74, 6) is -0.119. The van der Waals surface area contributed by atoms with Crippen molar-refractivity contribution in [2.45, 2.75) is 12.3 Å². The summed E-state index contributed by atoms with van der Waals surface area (Å²) in [5, 5.41) is 0. The second-order valence-electron chi connectivity index (χ2n) is 5.33. The van der Waals surface area contributed by atoms with Crippen molar-refractivity contribution in [1.82, 2.24) is 9.88 Å². The normalized spacial score (nSPS) is 18.9. The first-order valence-electron chi connectivity index (χ1n) is 7.16. The highest BCUT2D eigenvalue weighted by Crippen LogP contribution is 2.31. The van der Waals surface area contributed by atoms with Crippen LogP contribution >= 0.6 is 0 Å². The van der Waals surface area contributed by atoms with Gasteiger partial charge in [0.25, 0.3) is 5.91 Å². The van der Waals surface area contributed by atoms with E-state index in [4.69, 9.17) is 4.74 Å². The molecule has 4 nitrogen and oxygen atoms in total. The molecule has 1 atom stereocenters. The standard InChI is InChI=1S/C16H15F3N2O2/c17-16(18,19)13-3-1-11(2-4-13)14-10-21(7-8-23-14)15(22)12-5-6-20-9-12/h1-6,9,14,20H,7-8,10H2/t14-/m0/s1. The topological polar surface area (TPSA) is 45.3 Å². The number of hydrogen-bond donors (Lipinski definition) is 1. The van der Waals surface area contributed by atoms with Gasteiger partial charge in [0, 0.05) is 18.9 Å². The van der Waals surface area contributed by atoms with Gasteiger partial charge >= 0.3 is 6.18 Å². The number of H-pyrrole nitrogens is 1. The summed E-state index contributed by atoms with van der Waals surface area (Å²) >= 11 is 0. The first kappa shape index (κ1) is 15.6. The molecule has 1 fully saturated rings. The van der Waals surface area contributed by atoms with Crippen LogP contribution in [0, 0.1) is 0 Å². The number of carbonyl (C=O) groups is 1. The van der Waals surface area contributed by atoms with E-state index in [9.17, 15) is 18.0 Å². The Balaban J connectivity index is 1.72. The highest BCUT2D eigenvalue weighted by atomic mass is 19.4. The predicted octanol–water partition coefficient (Wildman–Crippen LogP) is 3.25. The van der Waals surface area contributed by atoms with Gasteiger partial charge in [0.15, 0.2) is 0 Å². The van der Waals surface area contributed by atoms with E-state index in [0.29, 0.717) is 30.8 Å². The third kappa shape index (κ3) is 3.39. The molecule has 0 radical (unpaired) electrons. The Morgan fingerprint density at radius 2 is 1.96 bits per heavy atom. The van der Waals surface area contributed by atoms with Crippen molar-refractivity contribution in [3.05, 3.63) is 59.4 Å². The van der Waals surface area contributed by atoms with E-state index in [2.05, 4.69) is 4.98 Å². The van der Waals surface area contributed by atoms with Crippen LogP contribution in [0.3, 0.4) is 0 Å². The minimum Gasteiger partial charge on any atom is -0.370 e. The van der Waals surface area contributed by atoms with Crippen LogP contribution in [-0.2, 0) is 10.9 Å². The van der Waals surface area contributed by atoms with Crippen LogP contribution in [0.5, 0.6) is 0 Å². The fraction of sp³-hybridized carbons (Fsp3) is 0.312. The van der Waals surface area contributed by atoms with E-state index < -0.39 is 17.8 Å². The summed E-state index contributed by atoms with van der Waals surface area (Å²) in [4.78, 5) is 16.8. The first-order valence-corrected chi connectivity index (χ1v) is 7.16. The molecule has 23 heavy (non-hydrogen) atoms. The average molecular weight is 324 g/mol. The fourth-order valence-electron chi connectivity index (χ4n) is 2.56. The molecule has 1 N–H and O–H groups in total. The Labute approximate surface area is 130 Å². The van der Waals surface area contributed by atoms with Gasteiger partial charge in [-0.25, -0.2) is 0 Å². The van der Waals surface area contributed by atoms with Gasteiger partial charge in [-0.05, 0) is 23.8 Å². The molecule has 1 amide bonds. The third-order valence-corrected chi connectivity index (χ3v) is 3.81. The van der Waals surface area contributed by atoms with E-state index in [1.807, 2.05) is 0 Å². The lowest BCUT2D eigenvalue weighted by Gasteiger charge is -2.33. The highest BCUT2D eigenvalue weighted by Gasteiger charge is 2.31. The van der Waals surface area contributed by atoms with Crippen LogP contribution < -0.4 is 0 Å². The van der Waals surface area contributed by atoms with Crippen LogP contribution in [0.1, 0.15) is 27.6 Å². The minimum atomic E-state index is -4.36. The molecule has 1 aromatic heterocycles. The maximum absolute atomic E-state index is 12.6. The minimum absolute atomic E-state index is 0.119. The van der Waals surface area contributed by atoms with Gasteiger partial charge < -0.3 is 14.6 Å². The summed E-state index contributed by atoms with van der Waals surface area (Å²) < 4.78 is 43.4. The Hall–Kier alpha value is -2.28. The number of nitrogens with one attached hydrogen (secondary N) is 1. The number of morpholine rings is 1. The van der Waals surface area contributed by atoms with Crippen LogP contribution in [0.2, 0.25) is 0 Å². The van der Waals surface area contributed by atoms with Crippen molar-refractivity contribution in [2.24, 2.45) is 0 Å². The number of ether oxygens (including phenoxy) is 1. The van der Waals surface area contributed by atoms with Crippen LogP contribution in [0.15, 0.2) is 42.7 Å². The largest absolute Gasteiger partial charge is 0.416 e. The molecule has 0 aliphatic carbocycles. The van der Waals surface area contributed by atoms with E-state index in [0.717, 1.165) is 12.1 Å². The van der Waals surface area contributed by atoms with Gasteiger partial charge in [0.1, 0.15) is 6.10 Å². The number of benzene rings is 1. The summed E-state index contributed by atoms with van der Waals surface area (Å²) in [5.41, 5.74) is 0.486. The summed E-state index contributed by atoms with van der Waals surface area (Å²) in [6.07, 6.45) is -1.50. The van der Waals surface area contributed by atoms with Gasteiger partial charge in [0.05, 0.1) is 24.3 Å². The van der Waals surface area contributed by atoms with Crippen LogP contribution in [-0.4, -0.2) is 35.5 Å². The Morgan fingerprint density at radius 3 is 2.57 bits per heavy atom. The Bertz CT molecular complexity index is 666. The average Bonchev–Trinajstić information content (AvgIpc) is 3.08. The molecule has 2 heterocycles. The zero-order valence-electron chi connectivity index (χ0n) is 12.1. The molecular weight excluding hydrogens is 309 g/mol. The number of rotatable bonds is 2. The summed E-state index contributed by atoms with van der Waals surface area (Å²) in [7, 11) is 0. The van der Waals surface area contributed by atoms with E-state index in [1.54, 1.807) is 23.4 Å². The van der Waals surface area contributed by atoms with Crippen molar-refractivity contribution < 1.29 is 22.7 Å². The first-order chi connectivity index (χ1) is 10.9. The molecule has 1 aliphatic rings. The van der Waals surface area contributed by atoms with E-state index >= 15 is 0 Å². The fourth-order valence-corrected chi connectivity index (χ4v) is 2.56. The molecule has 1 aliphatic heterocycles. The second-order valence-corrected chi connectivity index (χ2v) is 5.33. The molecular formula is C16H15F3N2O2. The number of amides is 1. The van der Waals surface area contributed by atoms with Gasteiger partial charge in [-0.1, -0.05) is 12.1 Å². The highest BCUT2D eigenvalue weighted by molar-refractivity contribution is 5.94. The Kier molecular flexibility index (Phi) is 4.12. The monoisotopic (exact) mass is 324 g/mol. The van der Waals surface area contributed by atoms with Gasteiger partial charge in [0.2, 0.25) is 0 Å². The molecule has 0 bridgehead atoms. The van der Waals surface area contributed by atoms with Crippen molar-refractivity contribution in [3.63, 3.8) is 0 Å². The maximum Gasteiger partial charge on any atom is 0.416 e. The smallest absolute Gasteiger partial charge is 0.370 e. The van der Waals surface area contributed by atoms with Crippen LogP contribution in [0.25, 0.3) is 0 Å². The number of hydrogen-bond acceptors (Lipinski definition) is 2. The number of alkyl halides is 3. The van der Waals surface area contributed by atoms with Crippen molar-refractivity contribution >= 4 is 5.91 Å². The number of carbonyl (C=O) groups excluding carboxylic acids is 1.